The Bertz CT molecular complexity index is 192. The summed E-state index contributed by atoms with van der Waals surface area (Å²) in [6, 6.07) is 0. The first kappa shape index (κ1) is 11.9. The van der Waals surface area contributed by atoms with E-state index in [9.17, 15) is 4.79 Å². The third kappa shape index (κ3) is 7.32. The number of allylic oxidation sites excluding steroid dienone is 2. The molecule has 0 rings (SSSR count). The van der Waals surface area contributed by atoms with Gasteiger partial charge in [-0.25, -0.2) is 4.79 Å². The van der Waals surface area contributed by atoms with E-state index in [1.165, 1.54) is 6.42 Å². The highest BCUT2D eigenvalue weighted by Gasteiger charge is 2.01. The standard InChI is InChI=1S/C11H18O2/c1-3-4-5-6-7-8-9-10(2)11(12)13/h5-6H,2-4,7-9H2,1H3,(H,12,13). The van der Waals surface area contributed by atoms with E-state index in [-0.39, 0.29) is 0 Å². The number of unbranched alkanes of at least 4 members (excludes halogenated alkanes) is 2. The van der Waals surface area contributed by atoms with Gasteiger partial charge in [-0.3, -0.25) is 0 Å². The predicted molar refractivity (Wildman–Crippen MR) is 54.7 cm³/mol. The Morgan fingerprint density at radius 1 is 1.38 bits per heavy atom. The van der Waals surface area contributed by atoms with Gasteiger partial charge >= 0.3 is 5.97 Å². The summed E-state index contributed by atoms with van der Waals surface area (Å²) in [6.45, 7) is 5.60. The predicted octanol–water partition coefficient (Wildman–Crippen LogP) is 3.15. The Morgan fingerprint density at radius 3 is 2.54 bits per heavy atom. The first-order chi connectivity index (χ1) is 6.18. The van der Waals surface area contributed by atoms with Crippen LogP contribution in [0.15, 0.2) is 24.3 Å². The minimum atomic E-state index is -0.877. The molecule has 0 aliphatic rings. The molecule has 0 aromatic carbocycles. The van der Waals surface area contributed by atoms with E-state index >= 15 is 0 Å². The van der Waals surface area contributed by atoms with Crippen LogP contribution in [0, 0.1) is 0 Å². The third-order valence-corrected chi connectivity index (χ3v) is 1.77. The molecule has 0 atom stereocenters. The van der Waals surface area contributed by atoms with E-state index in [0.717, 1.165) is 19.3 Å². The molecule has 0 amide bonds. The minimum absolute atomic E-state index is 0.309. The van der Waals surface area contributed by atoms with Crippen molar-refractivity contribution < 1.29 is 9.90 Å². The van der Waals surface area contributed by atoms with E-state index in [4.69, 9.17) is 5.11 Å². The quantitative estimate of drug-likeness (QED) is 0.373. The number of hydrogen-bond acceptors (Lipinski definition) is 1. The zero-order chi connectivity index (χ0) is 10.1. The molecule has 0 aliphatic carbocycles. The number of carboxylic acid groups (broad SMARTS) is 1. The second kappa shape index (κ2) is 7.59. The van der Waals surface area contributed by atoms with Gasteiger partial charge in [0, 0.05) is 5.57 Å². The number of carbonyl (C=O) groups is 1. The van der Waals surface area contributed by atoms with E-state index in [2.05, 4.69) is 25.7 Å². The molecule has 0 saturated carbocycles. The van der Waals surface area contributed by atoms with Gasteiger partial charge < -0.3 is 5.11 Å². The molecule has 0 aliphatic heterocycles. The van der Waals surface area contributed by atoms with Gasteiger partial charge in [-0.15, -0.1) is 0 Å². The fourth-order valence-electron chi connectivity index (χ4n) is 0.943. The van der Waals surface area contributed by atoms with Crippen molar-refractivity contribution in [1.29, 1.82) is 0 Å². The van der Waals surface area contributed by atoms with E-state index in [1.54, 1.807) is 0 Å². The van der Waals surface area contributed by atoms with Crippen molar-refractivity contribution in [3.8, 4) is 0 Å². The van der Waals surface area contributed by atoms with Gasteiger partial charge in [0.1, 0.15) is 0 Å². The normalized spacial score (nSPS) is 10.5. The smallest absolute Gasteiger partial charge is 0.330 e. The van der Waals surface area contributed by atoms with Gasteiger partial charge in [0.05, 0.1) is 0 Å². The Kier molecular flexibility index (Phi) is 6.98. The lowest BCUT2D eigenvalue weighted by molar-refractivity contribution is -0.132. The summed E-state index contributed by atoms with van der Waals surface area (Å²) in [5.74, 6) is -0.877. The zero-order valence-electron chi connectivity index (χ0n) is 8.25. The van der Waals surface area contributed by atoms with Crippen LogP contribution in [0.25, 0.3) is 0 Å². The molecule has 0 aromatic rings. The van der Waals surface area contributed by atoms with Crippen LogP contribution in [0.5, 0.6) is 0 Å². The van der Waals surface area contributed by atoms with Crippen LogP contribution < -0.4 is 0 Å². The summed E-state index contributed by atoms with van der Waals surface area (Å²) in [7, 11) is 0. The molecule has 0 radical (unpaired) electrons. The number of carboxylic acids is 1. The molecule has 0 saturated heterocycles. The number of rotatable bonds is 7. The van der Waals surface area contributed by atoms with Crippen molar-refractivity contribution in [2.75, 3.05) is 0 Å². The van der Waals surface area contributed by atoms with E-state index < -0.39 is 5.97 Å². The summed E-state index contributed by atoms with van der Waals surface area (Å²) < 4.78 is 0. The van der Waals surface area contributed by atoms with E-state index in [0.29, 0.717) is 12.0 Å². The number of hydrogen-bond donors (Lipinski definition) is 1. The second-order valence-corrected chi connectivity index (χ2v) is 3.06. The Morgan fingerprint density at radius 2 is 2.00 bits per heavy atom. The second-order valence-electron chi connectivity index (χ2n) is 3.06. The third-order valence-electron chi connectivity index (χ3n) is 1.77. The van der Waals surface area contributed by atoms with Crippen LogP contribution in [-0.2, 0) is 4.79 Å². The minimum Gasteiger partial charge on any atom is -0.478 e. The van der Waals surface area contributed by atoms with Crippen LogP contribution in [0.2, 0.25) is 0 Å². The maximum absolute atomic E-state index is 10.3. The van der Waals surface area contributed by atoms with Gasteiger partial charge in [0.15, 0.2) is 0 Å². The first-order valence-electron chi connectivity index (χ1n) is 4.74. The topological polar surface area (TPSA) is 37.3 Å². The summed E-state index contributed by atoms with van der Waals surface area (Å²) in [5, 5.41) is 8.51. The molecule has 0 unspecified atom stereocenters. The summed E-state index contributed by atoms with van der Waals surface area (Å²) in [4.78, 5) is 10.3. The Balaban J connectivity index is 3.35. The molecule has 74 valence electrons. The molecular weight excluding hydrogens is 164 g/mol. The molecule has 13 heavy (non-hydrogen) atoms. The molecule has 1 N–H and O–H groups in total. The van der Waals surface area contributed by atoms with Crippen LogP contribution in [-0.4, -0.2) is 11.1 Å². The molecule has 2 nitrogen and oxygen atoms in total. The zero-order valence-corrected chi connectivity index (χ0v) is 8.25. The van der Waals surface area contributed by atoms with Crippen molar-refractivity contribution >= 4 is 5.97 Å². The highest BCUT2D eigenvalue weighted by Crippen LogP contribution is 2.06. The number of aliphatic carboxylic acids is 1. The lowest BCUT2D eigenvalue weighted by Gasteiger charge is -1.96. The van der Waals surface area contributed by atoms with Crippen molar-refractivity contribution in [2.24, 2.45) is 0 Å². The average molecular weight is 182 g/mol. The van der Waals surface area contributed by atoms with Gasteiger partial charge in [0.25, 0.3) is 0 Å². The van der Waals surface area contributed by atoms with E-state index in [1.807, 2.05) is 0 Å². The Hall–Kier alpha value is -1.05. The maximum atomic E-state index is 10.3. The molecule has 0 spiro atoms. The molecule has 0 bridgehead atoms. The van der Waals surface area contributed by atoms with Gasteiger partial charge in [-0.1, -0.05) is 32.1 Å². The van der Waals surface area contributed by atoms with Crippen LogP contribution >= 0.6 is 0 Å². The summed E-state index contributed by atoms with van der Waals surface area (Å²) in [6.07, 6.45) is 8.95. The van der Waals surface area contributed by atoms with Crippen LogP contribution in [0.4, 0.5) is 0 Å². The molecule has 0 aromatic heterocycles. The highest BCUT2D eigenvalue weighted by atomic mass is 16.4. The van der Waals surface area contributed by atoms with Crippen LogP contribution in [0.3, 0.4) is 0 Å². The van der Waals surface area contributed by atoms with Crippen LogP contribution in [0.1, 0.15) is 39.0 Å². The maximum Gasteiger partial charge on any atom is 0.330 e. The fraction of sp³-hybridized carbons (Fsp3) is 0.545. The Labute approximate surface area is 80.0 Å². The monoisotopic (exact) mass is 182 g/mol. The summed E-state index contributed by atoms with van der Waals surface area (Å²) in [5.41, 5.74) is 0.309. The lowest BCUT2D eigenvalue weighted by atomic mass is 10.1. The first-order valence-corrected chi connectivity index (χ1v) is 4.74. The molecule has 0 heterocycles. The fourth-order valence-corrected chi connectivity index (χ4v) is 0.943. The van der Waals surface area contributed by atoms with Crippen molar-refractivity contribution in [3.63, 3.8) is 0 Å². The van der Waals surface area contributed by atoms with Gasteiger partial charge in [-0.05, 0) is 25.7 Å². The largest absolute Gasteiger partial charge is 0.478 e. The molecule has 0 fully saturated rings. The SMILES string of the molecule is C=C(CCCC=CCCC)C(=O)O. The summed E-state index contributed by atoms with van der Waals surface area (Å²) >= 11 is 0. The van der Waals surface area contributed by atoms with Gasteiger partial charge in [-0.2, -0.15) is 0 Å². The van der Waals surface area contributed by atoms with Crippen molar-refractivity contribution in [2.45, 2.75) is 39.0 Å². The highest BCUT2D eigenvalue weighted by molar-refractivity contribution is 5.85. The van der Waals surface area contributed by atoms with Crippen molar-refractivity contribution in [1.82, 2.24) is 0 Å². The lowest BCUT2D eigenvalue weighted by Crippen LogP contribution is -1.97. The average Bonchev–Trinajstić information content (AvgIpc) is 2.10. The molecule has 2 heteroatoms. The molecular formula is C11H18O2. The van der Waals surface area contributed by atoms with Crippen molar-refractivity contribution in [3.05, 3.63) is 24.3 Å². The van der Waals surface area contributed by atoms with Gasteiger partial charge in [0.2, 0.25) is 0 Å².